The molecule has 1 amide bonds. The van der Waals surface area contributed by atoms with Gasteiger partial charge in [-0.15, -0.1) is 0 Å². The Bertz CT molecular complexity index is 1400. The molecule has 0 radical (unpaired) electrons. The highest BCUT2D eigenvalue weighted by Crippen LogP contribution is 2.32. The first kappa shape index (κ1) is 25.5. The van der Waals surface area contributed by atoms with E-state index in [0.717, 1.165) is 34.4 Å². The first-order valence-electron chi connectivity index (χ1n) is 11.0. The Morgan fingerprint density at radius 3 is 2.47 bits per heavy atom. The van der Waals surface area contributed by atoms with Crippen molar-refractivity contribution in [1.29, 1.82) is 5.41 Å². The van der Waals surface area contributed by atoms with E-state index in [0.29, 0.717) is 30.3 Å². The van der Waals surface area contributed by atoms with Crippen molar-refractivity contribution in [1.82, 2.24) is 4.90 Å². The summed E-state index contributed by atoms with van der Waals surface area (Å²) in [5, 5.41) is 8.17. The van der Waals surface area contributed by atoms with Crippen molar-refractivity contribution >= 4 is 49.9 Å². The third-order valence-corrected chi connectivity index (χ3v) is 6.79. The first-order chi connectivity index (χ1) is 17.2. The van der Waals surface area contributed by atoms with Crippen molar-refractivity contribution in [2.24, 2.45) is 9.39 Å². The van der Waals surface area contributed by atoms with E-state index in [9.17, 15) is 13.2 Å². The van der Waals surface area contributed by atoms with E-state index in [4.69, 9.17) is 19.6 Å². The molecule has 2 aliphatic rings. The predicted octanol–water partition coefficient (Wildman–Crippen LogP) is 3.47. The summed E-state index contributed by atoms with van der Waals surface area (Å²) in [7, 11) is -3.72. The van der Waals surface area contributed by atoms with Gasteiger partial charge >= 0.3 is 0 Å². The zero-order valence-corrected chi connectivity index (χ0v) is 21.5. The van der Waals surface area contributed by atoms with E-state index < -0.39 is 15.7 Å². The third-order valence-electron chi connectivity index (χ3n) is 5.04. The normalized spacial score (nSPS) is 16.5. The second-order valence-electron chi connectivity index (χ2n) is 7.83. The number of hydrogen-bond acceptors (Lipinski definition) is 9. The van der Waals surface area contributed by atoms with Gasteiger partial charge in [0.15, 0.2) is 11.5 Å². The second kappa shape index (κ2) is 10.5. The zero-order valence-electron chi connectivity index (χ0n) is 19.8. The summed E-state index contributed by atoms with van der Waals surface area (Å²) in [6, 6.07) is 12.8. The fourth-order valence-electron chi connectivity index (χ4n) is 3.35. The molecule has 10 nitrogen and oxygen atoms in total. The van der Waals surface area contributed by atoms with Crippen LogP contribution in [0.4, 0.5) is 0 Å². The van der Waals surface area contributed by atoms with Gasteiger partial charge in [-0.05, 0) is 49.8 Å². The number of sulfone groups is 1. The molecule has 1 N–H and O–H groups in total. The van der Waals surface area contributed by atoms with Crippen LogP contribution in [0.15, 0.2) is 57.4 Å². The van der Waals surface area contributed by atoms with Gasteiger partial charge in [0, 0.05) is 6.26 Å². The molecule has 4 rings (SSSR count). The van der Waals surface area contributed by atoms with Crippen molar-refractivity contribution in [3.63, 3.8) is 0 Å². The minimum Gasteiger partial charge on any atom is -0.490 e. The lowest BCUT2D eigenvalue weighted by atomic mass is 10.1. The average molecular weight is 529 g/mol. The number of carbonyl (C=O) groups is 1. The lowest BCUT2D eigenvalue weighted by Gasteiger charge is -2.23. The fourth-order valence-corrected chi connectivity index (χ4v) is 5.20. The van der Waals surface area contributed by atoms with E-state index in [1.807, 2.05) is 38.1 Å². The highest BCUT2D eigenvalue weighted by molar-refractivity contribution is 8.16. The molecule has 2 aliphatic heterocycles. The second-order valence-corrected chi connectivity index (χ2v) is 10.5. The third kappa shape index (κ3) is 5.60. The van der Waals surface area contributed by atoms with Gasteiger partial charge in [-0.25, -0.2) is 13.3 Å². The maximum absolute atomic E-state index is 12.6. The molecule has 0 aliphatic carbocycles. The molecule has 0 atom stereocenters. The van der Waals surface area contributed by atoms with E-state index in [1.54, 1.807) is 18.2 Å². The number of nitrogens with one attached hydrogen (secondary N) is 1. The quantitative estimate of drug-likeness (QED) is 0.313. The van der Waals surface area contributed by atoms with Gasteiger partial charge in [0.2, 0.25) is 20.2 Å². The van der Waals surface area contributed by atoms with Crippen LogP contribution in [0.5, 0.6) is 17.2 Å². The largest absolute Gasteiger partial charge is 0.490 e. The first-order valence-corrected chi connectivity index (χ1v) is 13.6. The van der Waals surface area contributed by atoms with E-state index in [2.05, 4.69) is 9.39 Å². The van der Waals surface area contributed by atoms with Crippen LogP contribution in [-0.2, 0) is 14.6 Å². The average Bonchev–Trinajstić information content (AvgIpc) is 3.26. The Balaban J connectivity index is 1.50. The monoisotopic (exact) mass is 528 g/mol. The summed E-state index contributed by atoms with van der Waals surface area (Å²) in [6.07, 6.45) is 2.45. The number of fused-ring (bicyclic) bond motifs is 1. The van der Waals surface area contributed by atoms with Crippen LogP contribution >= 0.6 is 11.9 Å². The van der Waals surface area contributed by atoms with Crippen LogP contribution in [0.1, 0.15) is 18.1 Å². The van der Waals surface area contributed by atoms with Gasteiger partial charge in [0.05, 0.1) is 24.1 Å². The van der Waals surface area contributed by atoms with E-state index in [-0.39, 0.29) is 28.4 Å². The van der Waals surface area contributed by atoms with Crippen molar-refractivity contribution < 1.29 is 27.4 Å². The molecule has 2 aromatic carbocycles. The van der Waals surface area contributed by atoms with Crippen LogP contribution in [-0.4, -0.2) is 61.5 Å². The maximum atomic E-state index is 12.6. The predicted molar refractivity (Wildman–Crippen MR) is 140 cm³/mol. The summed E-state index contributed by atoms with van der Waals surface area (Å²) in [5.41, 5.74) is 1.63. The molecule has 0 spiro atoms. The molecule has 12 heteroatoms. The number of nitrogens with zero attached hydrogens (tertiary/aromatic N) is 3. The minimum atomic E-state index is -3.72. The Morgan fingerprint density at radius 2 is 1.78 bits per heavy atom. The van der Waals surface area contributed by atoms with Crippen molar-refractivity contribution in [2.75, 3.05) is 26.1 Å². The smallest absolute Gasteiger partial charge is 0.283 e. The number of amidine groups is 3. The van der Waals surface area contributed by atoms with Crippen molar-refractivity contribution in [3.05, 3.63) is 59.2 Å². The lowest BCUT2D eigenvalue weighted by Crippen LogP contribution is -2.45. The Morgan fingerprint density at radius 1 is 1.06 bits per heavy atom. The number of amides is 1. The topological polar surface area (TPSA) is 131 Å². The minimum absolute atomic E-state index is 0.0363. The summed E-state index contributed by atoms with van der Waals surface area (Å²) < 4.78 is 45.2. The number of aryl methyl sites for hydroxylation is 1. The van der Waals surface area contributed by atoms with Gasteiger partial charge < -0.3 is 14.2 Å². The molecule has 36 heavy (non-hydrogen) atoms. The highest BCUT2D eigenvalue weighted by Gasteiger charge is 2.41. The number of carbonyl (C=O) groups excluding carboxylic acids is 1. The van der Waals surface area contributed by atoms with Crippen LogP contribution < -0.4 is 14.2 Å². The molecular formula is C24H24N4O6S2. The molecule has 0 fully saturated rings. The summed E-state index contributed by atoms with van der Waals surface area (Å²) in [5.74, 6) is 0.735. The molecule has 2 heterocycles. The number of rotatable bonds is 8. The SMILES string of the molecule is CCOc1cc(/C=C2/C(=N)N3C(=NC2=O)SN=C3S(C)(=O)=O)ccc1OCCOc1ccc(C)cc1. The van der Waals surface area contributed by atoms with Crippen molar-refractivity contribution in [3.8, 4) is 17.2 Å². The van der Waals surface area contributed by atoms with E-state index >= 15 is 0 Å². The Hall–Kier alpha value is -3.64. The summed E-state index contributed by atoms with van der Waals surface area (Å²) in [6.45, 7) is 4.85. The molecular weight excluding hydrogens is 504 g/mol. The zero-order chi connectivity index (χ0) is 25.9. The lowest BCUT2D eigenvalue weighted by molar-refractivity contribution is -0.114. The van der Waals surface area contributed by atoms with Gasteiger partial charge in [0.25, 0.3) is 5.91 Å². The highest BCUT2D eigenvalue weighted by atomic mass is 32.2. The molecule has 188 valence electrons. The molecule has 0 saturated carbocycles. The fraction of sp³-hybridized carbons (Fsp3) is 0.250. The number of ether oxygens (including phenoxy) is 3. The molecule has 2 aromatic rings. The summed E-state index contributed by atoms with van der Waals surface area (Å²) in [4.78, 5) is 17.5. The molecule has 0 aromatic heterocycles. The molecule has 0 saturated heterocycles. The molecule has 0 bridgehead atoms. The van der Waals surface area contributed by atoms with Gasteiger partial charge in [-0.2, -0.15) is 9.39 Å². The number of hydrogen-bond donors (Lipinski definition) is 1. The van der Waals surface area contributed by atoms with Crippen LogP contribution in [0.25, 0.3) is 6.08 Å². The molecule has 0 unspecified atom stereocenters. The number of benzene rings is 2. The van der Waals surface area contributed by atoms with Crippen LogP contribution in [0.3, 0.4) is 0 Å². The standard InChI is InChI=1S/C24H24N4O6S2/c1-4-32-20-14-16(7-10-19(20)34-12-11-33-17-8-5-15(2)6-9-17)13-18-21(25)28-23(26-22(18)29)35-27-24(28)36(3,30)31/h5-10,13-14,25H,4,11-12H2,1-3H3/b18-13-,25-21?. The summed E-state index contributed by atoms with van der Waals surface area (Å²) >= 11 is 0.746. The van der Waals surface area contributed by atoms with Crippen LogP contribution in [0.2, 0.25) is 0 Å². The van der Waals surface area contributed by atoms with Crippen LogP contribution in [0, 0.1) is 12.3 Å². The van der Waals surface area contributed by atoms with Gasteiger partial charge in [-0.3, -0.25) is 10.2 Å². The van der Waals surface area contributed by atoms with Crippen molar-refractivity contribution in [2.45, 2.75) is 13.8 Å². The maximum Gasteiger partial charge on any atom is 0.283 e. The van der Waals surface area contributed by atoms with Gasteiger partial charge in [0.1, 0.15) is 24.8 Å². The Kier molecular flexibility index (Phi) is 7.45. The van der Waals surface area contributed by atoms with E-state index in [1.165, 1.54) is 6.08 Å². The number of aliphatic imine (C=N–C) groups is 1. The Labute approximate surface area is 213 Å². The van der Waals surface area contributed by atoms with Gasteiger partial charge in [-0.1, -0.05) is 23.8 Å².